The van der Waals surface area contributed by atoms with Gasteiger partial charge in [0.15, 0.2) is 6.10 Å². The van der Waals surface area contributed by atoms with Crippen LogP contribution in [0.5, 0.6) is 5.75 Å². The number of ether oxygens (including phenoxy) is 1. The first-order valence-corrected chi connectivity index (χ1v) is 8.00. The van der Waals surface area contributed by atoms with E-state index in [1.165, 1.54) is 0 Å². The lowest BCUT2D eigenvalue weighted by molar-refractivity contribution is -0.137. The summed E-state index contributed by atoms with van der Waals surface area (Å²) in [4.78, 5) is 26.1. The maximum atomic E-state index is 12.3. The van der Waals surface area contributed by atoms with Gasteiger partial charge in [0, 0.05) is 18.1 Å². The lowest BCUT2D eigenvalue weighted by Crippen LogP contribution is -2.50. The highest BCUT2D eigenvalue weighted by atomic mass is 35.5. The van der Waals surface area contributed by atoms with Crippen LogP contribution in [0.25, 0.3) is 0 Å². The second-order valence-corrected chi connectivity index (χ2v) is 5.70. The summed E-state index contributed by atoms with van der Waals surface area (Å²) in [5, 5.41) is 3.18. The van der Waals surface area contributed by atoms with Crippen LogP contribution >= 0.6 is 11.6 Å². The molecule has 2 atom stereocenters. The number of hydrogen-bond donors (Lipinski definition) is 1. The summed E-state index contributed by atoms with van der Waals surface area (Å²) in [5.74, 6) is -0.102. The summed E-state index contributed by atoms with van der Waals surface area (Å²) in [7, 11) is 0. The average Bonchev–Trinajstić information content (AvgIpc) is 2.53. The molecule has 1 aromatic carbocycles. The van der Waals surface area contributed by atoms with Gasteiger partial charge in [0.2, 0.25) is 5.91 Å². The van der Waals surface area contributed by atoms with Crippen molar-refractivity contribution in [2.24, 2.45) is 0 Å². The topological polar surface area (TPSA) is 58.6 Å². The predicted octanol–water partition coefficient (Wildman–Crippen LogP) is 2.81. The largest absolute Gasteiger partial charge is 0.481 e. The van der Waals surface area contributed by atoms with E-state index >= 15 is 0 Å². The fourth-order valence-corrected chi connectivity index (χ4v) is 2.21. The zero-order valence-electron chi connectivity index (χ0n) is 14.0. The first-order valence-electron chi connectivity index (χ1n) is 7.62. The molecule has 130 valence electrons. The second kappa shape index (κ2) is 9.78. The minimum Gasteiger partial charge on any atom is -0.481 e. The van der Waals surface area contributed by atoms with Crippen LogP contribution in [-0.2, 0) is 9.59 Å². The molecule has 2 amide bonds. The number of carbonyl (C=O) groups excluding carboxylic acids is 2. The molecule has 0 aliphatic rings. The molecule has 0 saturated heterocycles. The SMILES string of the molecule is C=CCN(CC=C)C(=O)C(C)NC(=O)C(C)Oc1cccc(Cl)c1. The number of hydrogen-bond acceptors (Lipinski definition) is 3. The third-order valence-corrected chi connectivity index (χ3v) is 3.45. The highest BCUT2D eigenvalue weighted by molar-refractivity contribution is 6.30. The zero-order valence-corrected chi connectivity index (χ0v) is 14.8. The number of nitrogens with zero attached hydrogens (tertiary/aromatic N) is 1. The molecule has 0 bridgehead atoms. The Kier molecular flexibility index (Phi) is 8.06. The minimum atomic E-state index is -0.758. The average molecular weight is 351 g/mol. The van der Waals surface area contributed by atoms with Crippen LogP contribution in [0.4, 0.5) is 0 Å². The number of rotatable bonds is 9. The Morgan fingerprint density at radius 1 is 1.29 bits per heavy atom. The molecule has 1 aromatic rings. The Hall–Kier alpha value is -2.27. The Balaban J connectivity index is 2.62. The molecule has 0 aliphatic heterocycles. The number of amides is 2. The summed E-state index contributed by atoms with van der Waals surface area (Å²) in [5.41, 5.74) is 0. The van der Waals surface area contributed by atoms with Crippen molar-refractivity contribution in [3.63, 3.8) is 0 Å². The zero-order chi connectivity index (χ0) is 18.1. The van der Waals surface area contributed by atoms with Crippen molar-refractivity contribution in [1.29, 1.82) is 0 Å². The van der Waals surface area contributed by atoms with Crippen LogP contribution in [0.3, 0.4) is 0 Å². The maximum absolute atomic E-state index is 12.3. The molecule has 0 aliphatic carbocycles. The monoisotopic (exact) mass is 350 g/mol. The Labute approximate surface area is 147 Å². The van der Waals surface area contributed by atoms with Crippen molar-refractivity contribution in [3.8, 4) is 5.75 Å². The Bertz CT molecular complexity index is 594. The van der Waals surface area contributed by atoms with Gasteiger partial charge in [0.25, 0.3) is 5.91 Å². The normalized spacial score (nSPS) is 12.6. The Morgan fingerprint density at radius 2 is 1.92 bits per heavy atom. The van der Waals surface area contributed by atoms with Crippen molar-refractivity contribution < 1.29 is 14.3 Å². The van der Waals surface area contributed by atoms with Crippen molar-refractivity contribution >= 4 is 23.4 Å². The molecule has 6 heteroatoms. The molecular formula is C18H23ClN2O3. The van der Waals surface area contributed by atoms with Crippen LogP contribution in [0, 0.1) is 0 Å². The summed E-state index contributed by atoms with van der Waals surface area (Å²) < 4.78 is 5.54. The number of halogens is 1. The van der Waals surface area contributed by atoms with Crippen LogP contribution in [0.1, 0.15) is 13.8 Å². The third kappa shape index (κ3) is 6.08. The number of nitrogens with one attached hydrogen (secondary N) is 1. The quantitative estimate of drug-likeness (QED) is 0.697. The van der Waals surface area contributed by atoms with E-state index < -0.39 is 12.1 Å². The van der Waals surface area contributed by atoms with E-state index in [2.05, 4.69) is 18.5 Å². The fourth-order valence-electron chi connectivity index (χ4n) is 2.03. The van der Waals surface area contributed by atoms with E-state index in [1.54, 1.807) is 55.2 Å². The molecule has 0 spiro atoms. The molecule has 0 radical (unpaired) electrons. The second-order valence-electron chi connectivity index (χ2n) is 5.27. The molecule has 0 aromatic heterocycles. The Morgan fingerprint density at radius 3 is 2.46 bits per heavy atom. The molecule has 0 heterocycles. The summed E-state index contributed by atoms with van der Waals surface area (Å²) in [6.07, 6.45) is 2.49. The predicted molar refractivity (Wildman–Crippen MR) is 96.1 cm³/mol. The molecule has 1 rings (SSSR count). The van der Waals surface area contributed by atoms with Crippen molar-refractivity contribution in [1.82, 2.24) is 10.2 Å². The van der Waals surface area contributed by atoms with Gasteiger partial charge in [0.05, 0.1) is 0 Å². The highest BCUT2D eigenvalue weighted by Crippen LogP contribution is 2.18. The summed E-state index contributed by atoms with van der Waals surface area (Å²) in [6, 6.07) is 6.10. The van der Waals surface area contributed by atoms with Gasteiger partial charge in [-0.2, -0.15) is 0 Å². The summed E-state index contributed by atoms with van der Waals surface area (Å²) in [6.45, 7) is 11.3. The molecule has 24 heavy (non-hydrogen) atoms. The van der Waals surface area contributed by atoms with Gasteiger partial charge in [-0.05, 0) is 32.0 Å². The molecular weight excluding hydrogens is 328 g/mol. The van der Waals surface area contributed by atoms with Gasteiger partial charge < -0.3 is 15.0 Å². The van der Waals surface area contributed by atoms with Gasteiger partial charge >= 0.3 is 0 Å². The van der Waals surface area contributed by atoms with E-state index in [1.807, 2.05) is 0 Å². The lowest BCUT2D eigenvalue weighted by atomic mass is 10.2. The standard InChI is InChI=1S/C18H23ClN2O3/c1-5-10-21(11-6-2)18(23)13(3)20-17(22)14(4)24-16-9-7-8-15(19)12-16/h5-9,12-14H,1-2,10-11H2,3-4H3,(H,20,22). The molecule has 5 nitrogen and oxygen atoms in total. The van der Waals surface area contributed by atoms with E-state index in [0.717, 1.165) is 0 Å². The van der Waals surface area contributed by atoms with Crippen molar-refractivity contribution in [2.45, 2.75) is 26.0 Å². The third-order valence-electron chi connectivity index (χ3n) is 3.22. The minimum absolute atomic E-state index is 0.210. The van der Waals surface area contributed by atoms with Gasteiger partial charge in [-0.3, -0.25) is 9.59 Å². The summed E-state index contributed by atoms with van der Waals surface area (Å²) >= 11 is 5.88. The van der Waals surface area contributed by atoms with Gasteiger partial charge in [-0.15, -0.1) is 13.2 Å². The van der Waals surface area contributed by atoms with Gasteiger partial charge in [0.1, 0.15) is 11.8 Å². The number of carbonyl (C=O) groups is 2. The van der Waals surface area contributed by atoms with E-state index in [9.17, 15) is 9.59 Å². The van der Waals surface area contributed by atoms with Crippen LogP contribution in [0.15, 0.2) is 49.6 Å². The smallest absolute Gasteiger partial charge is 0.261 e. The molecule has 0 saturated carbocycles. The lowest BCUT2D eigenvalue weighted by Gasteiger charge is -2.25. The molecule has 2 unspecified atom stereocenters. The highest BCUT2D eigenvalue weighted by Gasteiger charge is 2.23. The van der Waals surface area contributed by atoms with Crippen molar-refractivity contribution in [3.05, 3.63) is 54.6 Å². The first kappa shape index (κ1) is 19.8. The van der Waals surface area contributed by atoms with Crippen LogP contribution in [-0.4, -0.2) is 41.9 Å². The fraction of sp³-hybridized carbons (Fsp3) is 0.333. The van der Waals surface area contributed by atoms with Gasteiger partial charge in [-0.25, -0.2) is 0 Å². The maximum Gasteiger partial charge on any atom is 0.261 e. The van der Waals surface area contributed by atoms with E-state index in [4.69, 9.17) is 16.3 Å². The van der Waals surface area contributed by atoms with Crippen LogP contribution in [0.2, 0.25) is 5.02 Å². The number of benzene rings is 1. The molecule has 1 N–H and O–H groups in total. The first-order chi connectivity index (χ1) is 11.4. The van der Waals surface area contributed by atoms with E-state index in [0.29, 0.717) is 23.9 Å². The van der Waals surface area contributed by atoms with Crippen LogP contribution < -0.4 is 10.1 Å². The van der Waals surface area contributed by atoms with E-state index in [-0.39, 0.29) is 11.8 Å². The molecule has 0 fully saturated rings. The van der Waals surface area contributed by atoms with Gasteiger partial charge in [-0.1, -0.05) is 29.8 Å². The van der Waals surface area contributed by atoms with Crippen molar-refractivity contribution in [2.75, 3.05) is 13.1 Å².